The maximum Gasteiger partial charge on any atom is 0.164 e. The van der Waals surface area contributed by atoms with Gasteiger partial charge in [0.2, 0.25) is 0 Å². The van der Waals surface area contributed by atoms with Crippen molar-refractivity contribution in [1.82, 2.24) is 19.5 Å². The summed E-state index contributed by atoms with van der Waals surface area (Å²) in [5, 5.41) is 9.51. The van der Waals surface area contributed by atoms with Crippen LogP contribution in [-0.4, -0.2) is 19.5 Å². The van der Waals surface area contributed by atoms with E-state index >= 15 is 0 Å². The summed E-state index contributed by atoms with van der Waals surface area (Å²) in [7, 11) is 0. The van der Waals surface area contributed by atoms with Gasteiger partial charge in [-0.25, -0.2) is 15.0 Å². The number of fused-ring (bicyclic) bond motifs is 7. The molecular formula is C51H32N4. The van der Waals surface area contributed by atoms with E-state index in [0.717, 1.165) is 38.5 Å². The lowest BCUT2D eigenvalue weighted by Gasteiger charge is -2.15. The molecule has 11 rings (SSSR count). The van der Waals surface area contributed by atoms with Crippen molar-refractivity contribution in [2.24, 2.45) is 0 Å². The van der Waals surface area contributed by atoms with Crippen molar-refractivity contribution in [3.8, 4) is 51.0 Å². The summed E-state index contributed by atoms with van der Waals surface area (Å²) in [6.45, 7) is 0. The molecule has 2 aromatic heterocycles. The molecule has 4 nitrogen and oxygen atoms in total. The first-order valence-electron chi connectivity index (χ1n) is 18.6. The lowest BCUT2D eigenvalue weighted by atomic mass is 9.99. The van der Waals surface area contributed by atoms with Crippen LogP contribution in [0.2, 0.25) is 0 Å². The second-order valence-electron chi connectivity index (χ2n) is 14.0. The summed E-state index contributed by atoms with van der Waals surface area (Å²) in [5.41, 5.74) is 8.71. The van der Waals surface area contributed by atoms with Crippen LogP contribution in [0.3, 0.4) is 0 Å². The van der Waals surface area contributed by atoms with Gasteiger partial charge in [0, 0.05) is 32.8 Å². The van der Waals surface area contributed by atoms with Gasteiger partial charge in [0.15, 0.2) is 17.5 Å². The van der Waals surface area contributed by atoms with Crippen LogP contribution < -0.4 is 0 Å². The molecule has 0 fully saturated rings. The van der Waals surface area contributed by atoms with E-state index in [-0.39, 0.29) is 0 Å². The van der Waals surface area contributed by atoms with Crippen molar-refractivity contribution in [2.75, 3.05) is 0 Å². The molecule has 0 aliphatic carbocycles. The van der Waals surface area contributed by atoms with Gasteiger partial charge >= 0.3 is 0 Å². The Hall–Kier alpha value is -7.43. The smallest absolute Gasteiger partial charge is 0.164 e. The standard InChI is InChI=1S/C51H32N4/c1-3-13-33(14-4-1)36-23-24-38-32-39(26-25-37(38)31-36)50-52-49(35-16-5-2-6-17-35)53-51(54-50)43-28-30-46(42-20-10-9-19-41(42)43)55-45-22-12-11-21-44(45)48-40-18-8-7-15-34(40)27-29-47(48)55/h1-32H. The molecule has 256 valence electrons. The summed E-state index contributed by atoms with van der Waals surface area (Å²) in [4.78, 5) is 15.4. The van der Waals surface area contributed by atoms with E-state index in [1.54, 1.807) is 0 Å². The maximum atomic E-state index is 5.22. The first-order chi connectivity index (χ1) is 27.3. The SMILES string of the molecule is c1ccc(-c2ccc3cc(-c4nc(-c5ccccc5)nc(-c5ccc(-n6c7ccccc7c7c8ccccc8ccc76)c6ccccc56)n4)ccc3c2)cc1. The van der Waals surface area contributed by atoms with Crippen molar-refractivity contribution in [3.05, 3.63) is 194 Å². The molecule has 11 aromatic rings. The molecule has 0 saturated carbocycles. The molecule has 0 aliphatic rings. The Morgan fingerprint density at radius 1 is 0.309 bits per heavy atom. The van der Waals surface area contributed by atoms with Crippen LogP contribution in [-0.2, 0) is 0 Å². The first kappa shape index (κ1) is 31.1. The second-order valence-corrected chi connectivity index (χ2v) is 14.0. The average molecular weight is 701 g/mol. The van der Waals surface area contributed by atoms with E-state index in [1.807, 2.05) is 24.3 Å². The zero-order chi connectivity index (χ0) is 36.3. The molecule has 0 radical (unpaired) electrons. The van der Waals surface area contributed by atoms with Gasteiger partial charge in [-0.1, -0.05) is 158 Å². The van der Waals surface area contributed by atoms with Crippen LogP contribution in [0, 0.1) is 0 Å². The van der Waals surface area contributed by atoms with Crippen LogP contribution in [0.15, 0.2) is 194 Å². The molecule has 0 amide bonds. The van der Waals surface area contributed by atoms with Crippen LogP contribution in [0.4, 0.5) is 0 Å². The van der Waals surface area contributed by atoms with E-state index in [9.17, 15) is 0 Å². The molecule has 2 heterocycles. The first-order valence-corrected chi connectivity index (χ1v) is 18.6. The molecule has 0 bridgehead atoms. The molecule has 0 atom stereocenters. The zero-order valence-electron chi connectivity index (χ0n) is 29.8. The zero-order valence-corrected chi connectivity index (χ0v) is 29.8. The molecule has 0 spiro atoms. The third-order valence-electron chi connectivity index (χ3n) is 10.8. The van der Waals surface area contributed by atoms with E-state index < -0.39 is 0 Å². The van der Waals surface area contributed by atoms with E-state index in [0.29, 0.717) is 17.5 Å². The van der Waals surface area contributed by atoms with Crippen molar-refractivity contribution < 1.29 is 0 Å². The number of nitrogens with zero attached hydrogens (tertiary/aromatic N) is 4. The fourth-order valence-corrected chi connectivity index (χ4v) is 8.21. The fourth-order valence-electron chi connectivity index (χ4n) is 8.21. The number of benzene rings is 9. The highest BCUT2D eigenvalue weighted by atomic mass is 15.0. The summed E-state index contributed by atoms with van der Waals surface area (Å²) in [6, 6.07) is 68.7. The van der Waals surface area contributed by atoms with Crippen molar-refractivity contribution in [2.45, 2.75) is 0 Å². The largest absolute Gasteiger partial charge is 0.309 e. The quantitative estimate of drug-likeness (QED) is 0.179. The van der Waals surface area contributed by atoms with Crippen molar-refractivity contribution in [1.29, 1.82) is 0 Å². The minimum atomic E-state index is 0.638. The van der Waals surface area contributed by atoms with E-state index in [2.05, 4.69) is 174 Å². The van der Waals surface area contributed by atoms with Gasteiger partial charge in [0.25, 0.3) is 0 Å². The second kappa shape index (κ2) is 12.6. The van der Waals surface area contributed by atoms with Gasteiger partial charge in [-0.05, 0) is 74.5 Å². The van der Waals surface area contributed by atoms with E-state index in [1.165, 1.54) is 49.1 Å². The van der Waals surface area contributed by atoms with E-state index in [4.69, 9.17) is 15.0 Å². The summed E-state index contributed by atoms with van der Waals surface area (Å²) >= 11 is 0. The Kier molecular flexibility index (Phi) is 7.14. The fraction of sp³-hybridized carbons (Fsp3) is 0. The van der Waals surface area contributed by atoms with Gasteiger partial charge < -0.3 is 4.57 Å². The predicted octanol–water partition coefficient (Wildman–Crippen LogP) is 13.1. The normalized spacial score (nSPS) is 11.6. The molecule has 9 aromatic carbocycles. The number of rotatable bonds is 5. The lowest BCUT2D eigenvalue weighted by Crippen LogP contribution is -2.02. The molecule has 0 saturated heterocycles. The Bertz CT molecular complexity index is 3260. The average Bonchev–Trinajstić information content (AvgIpc) is 3.61. The molecule has 0 unspecified atom stereocenters. The minimum Gasteiger partial charge on any atom is -0.309 e. The molecule has 0 N–H and O–H groups in total. The van der Waals surface area contributed by atoms with Gasteiger partial charge in [0.1, 0.15) is 0 Å². The van der Waals surface area contributed by atoms with Gasteiger partial charge in [0.05, 0.1) is 16.7 Å². The maximum absolute atomic E-state index is 5.22. The third-order valence-corrected chi connectivity index (χ3v) is 10.8. The Morgan fingerprint density at radius 2 is 0.873 bits per heavy atom. The minimum absolute atomic E-state index is 0.638. The van der Waals surface area contributed by atoms with Crippen LogP contribution >= 0.6 is 0 Å². The molecule has 0 aliphatic heterocycles. The summed E-state index contributed by atoms with van der Waals surface area (Å²) in [5.74, 6) is 1.92. The van der Waals surface area contributed by atoms with Crippen LogP contribution in [0.5, 0.6) is 0 Å². The molecule has 55 heavy (non-hydrogen) atoms. The topological polar surface area (TPSA) is 43.6 Å². The summed E-state index contributed by atoms with van der Waals surface area (Å²) in [6.07, 6.45) is 0. The van der Waals surface area contributed by atoms with Gasteiger partial charge in [-0.3, -0.25) is 0 Å². The monoisotopic (exact) mass is 700 g/mol. The molecule has 4 heteroatoms. The van der Waals surface area contributed by atoms with Crippen molar-refractivity contribution in [3.63, 3.8) is 0 Å². The lowest BCUT2D eigenvalue weighted by molar-refractivity contribution is 1.08. The number of para-hydroxylation sites is 1. The third kappa shape index (κ3) is 5.19. The Balaban J connectivity index is 1.10. The Labute approximate surface area is 317 Å². The number of hydrogen-bond acceptors (Lipinski definition) is 3. The van der Waals surface area contributed by atoms with Gasteiger partial charge in [-0.2, -0.15) is 0 Å². The predicted molar refractivity (Wildman–Crippen MR) is 228 cm³/mol. The Morgan fingerprint density at radius 3 is 1.65 bits per heavy atom. The summed E-state index contributed by atoms with van der Waals surface area (Å²) < 4.78 is 2.41. The van der Waals surface area contributed by atoms with Crippen molar-refractivity contribution >= 4 is 54.1 Å². The highest BCUT2D eigenvalue weighted by Gasteiger charge is 2.19. The number of hydrogen-bond donors (Lipinski definition) is 0. The molecular weight excluding hydrogens is 669 g/mol. The number of aromatic nitrogens is 4. The van der Waals surface area contributed by atoms with Gasteiger partial charge in [-0.15, -0.1) is 0 Å². The highest BCUT2D eigenvalue weighted by Crippen LogP contribution is 2.40. The van der Waals surface area contributed by atoms with Crippen LogP contribution in [0.1, 0.15) is 0 Å². The highest BCUT2D eigenvalue weighted by molar-refractivity contribution is 6.22. The van der Waals surface area contributed by atoms with Crippen LogP contribution in [0.25, 0.3) is 105 Å².